The fraction of sp³-hybridized carbons (Fsp3) is 0.318. The van der Waals surface area contributed by atoms with Gasteiger partial charge in [-0.3, -0.25) is 14.9 Å². The Hall–Kier alpha value is -2.45. The molecule has 160 valence electrons. The number of hydrogen-bond donors (Lipinski definition) is 3. The molecule has 0 bridgehead atoms. The third kappa shape index (κ3) is 7.42. The van der Waals surface area contributed by atoms with Crippen LogP contribution >= 0.6 is 28.1 Å². The standard InChI is InChI=1S/C22H26BrN3O3S/c1-3-5-13-29-19-11-8-16(14-18(19)23)21(28)26-22(30)25-17-9-6-15(7-10-17)20(27)24-12-4-2/h6-11,14H,3-5,12-13H2,1-2H3,(H,24,27)(H2,25,26,28,30). The molecule has 0 unspecified atom stereocenters. The number of thiocarbonyl (C=S) groups is 1. The summed E-state index contributed by atoms with van der Waals surface area (Å²) in [5, 5.41) is 8.58. The summed E-state index contributed by atoms with van der Waals surface area (Å²) in [5.41, 5.74) is 1.69. The van der Waals surface area contributed by atoms with Crippen LogP contribution in [-0.2, 0) is 0 Å². The summed E-state index contributed by atoms with van der Waals surface area (Å²) < 4.78 is 6.39. The Morgan fingerprint density at radius 1 is 1.00 bits per heavy atom. The molecule has 0 fully saturated rings. The smallest absolute Gasteiger partial charge is 0.257 e. The van der Waals surface area contributed by atoms with Crippen molar-refractivity contribution >= 4 is 50.8 Å². The third-order valence-corrected chi connectivity index (χ3v) is 4.94. The molecule has 6 nitrogen and oxygen atoms in total. The van der Waals surface area contributed by atoms with E-state index in [0.29, 0.717) is 40.2 Å². The maximum atomic E-state index is 12.5. The van der Waals surface area contributed by atoms with Gasteiger partial charge in [0.15, 0.2) is 5.11 Å². The van der Waals surface area contributed by atoms with E-state index in [1.54, 1.807) is 42.5 Å². The maximum absolute atomic E-state index is 12.5. The zero-order valence-corrected chi connectivity index (χ0v) is 19.5. The molecular weight excluding hydrogens is 466 g/mol. The second kappa shape index (κ2) is 12.3. The van der Waals surface area contributed by atoms with Crippen LogP contribution in [0, 0.1) is 0 Å². The van der Waals surface area contributed by atoms with Crippen molar-refractivity contribution in [1.29, 1.82) is 0 Å². The van der Waals surface area contributed by atoms with Crippen LogP contribution in [0.15, 0.2) is 46.9 Å². The highest BCUT2D eigenvalue weighted by Crippen LogP contribution is 2.26. The highest BCUT2D eigenvalue weighted by Gasteiger charge is 2.11. The van der Waals surface area contributed by atoms with E-state index in [1.165, 1.54) is 0 Å². The molecule has 0 saturated heterocycles. The van der Waals surface area contributed by atoms with E-state index in [2.05, 4.69) is 38.8 Å². The highest BCUT2D eigenvalue weighted by molar-refractivity contribution is 9.10. The SMILES string of the molecule is CCCCOc1ccc(C(=O)NC(=S)Nc2ccc(C(=O)NCCC)cc2)cc1Br. The predicted octanol–water partition coefficient (Wildman–Crippen LogP) is 4.89. The molecular formula is C22H26BrN3O3S. The van der Waals surface area contributed by atoms with Crippen LogP contribution in [0.3, 0.4) is 0 Å². The Labute approximate surface area is 190 Å². The normalized spacial score (nSPS) is 10.2. The first-order valence-electron chi connectivity index (χ1n) is 9.87. The first-order chi connectivity index (χ1) is 14.4. The molecule has 0 aliphatic carbocycles. The molecule has 0 radical (unpaired) electrons. The minimum absolute atomic E-state index is 0.119. The number of rotatable bonds is 9. The van der Waals surface area contributed by atoms with E-state index in [0.717, 1.165) is 19.3 Å². The molecule has 2 aromatic carbocycles. The molecule has 0 aliphatic rings. The molecule has 2 aromatic rings. The van der Waals surface area contributed by atoms with Crippen molar-refractivity contribution in [2.45, 2.75) is 33.1 Å². The zero-order chi connectivity index (χ0) is 21.9. The number of carbonyl (C=O) groups is 2. The second-order valence-corrected chi connectivity index (χ2v) is 7.85. The first-order valence-corrected chi connectivity index (χ1v) is 11.1. The number of halogens is 1. The molecule has 30 heavy (non-hydrogen) atoms. The fourth-order valence-corrected chi connectivity index (χ4v) is 3.17. The van der Waals surface area contributed by atoms with Gasteiger partial charge in [0.25, 0.3) is 11.8 Å². The summed E-state index contributed by atoms with van der Waals surface area (Å²) in [6.45, 7) is 5.36. The van der Waals surface area contributed by atoms with Crippen molar-refractivity contribution < 1.29 is 14.3 Å². The first kappa shape index (κ1) is 23.8. The van der Waals surface area contributed by atoms with Crippen molar-refractivity contribution in [3.05, 3.63) is 58.1 Å². The van der Waals surface area contributed by atoms with Crippen molar-refractivity contribution in [3.63, 3.8) is 0 Å². The van der Waals surface area contributed by atoms with Crippen LogP contribution in [-0.4, -0.2) is 30.1 Å². The minimum Gasteiger partial charge on any atom is -0.492 e. The summed E-state index contributed by atoms with van der Waals surface area (Å²) in [4.78, 5) is 24.4. The maximum Gasteiger partial charge on any atom is 0.257 e. The van der Waals surface area contributed by atoms with Gasteiger partial charge in [-0.2, -0.15) is 0 Å². The lowest BCUT2D eigenvalue weighted by atomic mass is 10.2. The van der Waals surface area contributed by atoms with E-state index in [4.69, 9.17) is 17.0 Å². The van der Waals surface area contributed by atoms with E-state index in [-0.39, 0.29) is 16.9 Å². The zero-order valence-electron chi connectivity index (χ0n) is 17.1. The molecule has 0 aromatic heterocycles. The Morgan fingerprint density at radius 3 is 2.33 bits per heavy atom. The number of ether oxygens (including phenoxy) is 1. The number of unbranched alkanes of at least 4 members (excludes halogenated alkanes) is 1. The molecule has 0 atom stereocenters. The average molecular weight is 492 g/mol. The van der Waals surface area contributed by atoms with Crippen molar-refractivity contribution in [1.82, 2.24) is 10.6 Å². The van der Waals surface area contributed by atoms with Gasteiger partial charge < -0.3 is 15.4 Å². The average Bonchev–Trinajstić information content (AvgIpc) is 2.73. The molecule has 2 amide bonds. The van der Waals surface area contributed by atoms with Crippen LogP contribution in [0.25, 0.3) is 0 Å². The Balaban J connectivity index is 1.90. The van der Waals surface area contributed by atoms with E-state index >= 15 is 0 Å². The second-order valence-electron chi connectivity index (χ2n) is 6.59. The van der Waals surface area contributed by atoms with Crippen LogP contribution in [0.2, 0.25) is 0 Å². The largest absolute Gasteiger partial charge is 0.492 e. The molecule has 2 rings (SSSR count). The highest BCUT2D eigenvalue weighted by atomic mass is 79.9. The minimum atomic E-state index is -0.330. The van der Waals surface area contributed by atoms with Gasteiger partial charge >= 0.3 is 0 Å². The van der Waals surface area contributed by atoms with Crippen molar-refractivity contribution in [2.75, 3.05) is 18.5 Å². The molecule has 0 aliphatic heterocycles. The van der Waals surface area contributed by atoms with Crippen LogP contribution in [0.4, 0.5) is 5.69 Å². The Morgan fingerprint density at radius 2 is 1.70 bits per heavy atom. The molecule has 0 heterocycles. The number of amides is 2. The van der Waals surface area contributed by atoms with E-state index in [1.807, 2.05) is 6.92 Å². The third-order valence-electron chi connectivity index (χ3n) is 4.12. The van der Waals surface area contributed by atoms with Crippen molar-refractivity contribution in [2.24, 2.45) is 0 Å². The molecule has 0 spiro atoms. The summed E-state index contributed by atoms with van der Waals surface area (Å²) in [6, 6.07) is 12.0. The van der Waals surface area contributed by atoms with Gasteiger partial charge in [0, 0.05) is 23.4 Å². The molecule has 0 saturated carbocycles. The lowest BCUT2D eigenvalue weighted by Gasteiger charge is -2.12. The topological polar surface area (TPSA) is 79.5 Å². The lowest BCUT2D eigenvalue weighted by molar-refractivity contribution is 0.0951. The van der Waals surface area contributed by atoms with E-state index < -0.39 is 0 Å². The lowest BCUT2D eigenvalue weighted by Crippen LogP contribution is -2.34. The van der Waals surface area contributed by atoms with Crippen molar-refractivity contribution in [3.8, 4) is 5.75 Å². The van der Waals surface area contributed by atoms with Gasteiger partial charge in [0.2, 0.25) is 0 Å². The molecule has 3 N–H and O–H groups in total. The van der Waals surface area contributed by atoms with Gasteiger partial charge in [-0.25, -0.2) is 0 Å². The van der Waals surface area contributed by atoms with Crippen LogP contribution < -0.4 is 20.7 Å². The predicted molar refractivity (Wildman–Crippen MR) is 127 cm³/mol. The summed E-state index contributed by atoms with van der Waals surface area (Å²) in [6.07, 6.45) is 2.90. The number of carbonyl (C=O) groups excluding carboxylic acids is 2. The summed E-state index contributed by atoms with van der Waals surface area (Å²) >= 11 is 8.66. The number of benzene rings is 2. The van der Waals surface area contributed by atoms with Gasteiger partial charge in [0.1, 0.15) is 5.75 Å². The van der Waals surface area contributed by atoms with Crippen LogP contribution in [0.1, 0.15) is 53.8 Å². The van der Waals surface area contributed by atoms with Gasteiger partial charge in [-0.1, -0.05) is 20.3 Å². The van der Waals surface area contributed by atoms with Gasteiger partial charge in [-0.05, 0) is 83.5 Å². The number of nitrogens with one attached hydrogen (secondary N) is 3. The van der Waals surface area contributed by atoms with Gasteiger partial charge in [-0.15, -0.1) is 0 Å². The Kier molecular flexibility index (Phi) is 9.76. The summed E-state index contributed by atoms with van der Waals surface area (Å²) in [5.74, 6) is 0.250. The summed E-state index contributed by atoms with van der Waals surface area (Å²) in [7, 11) is 0. The Bertz CT molecular complexity index is 888. The fourth-order valence-electron chi connectivity index (χ4n) is 2.47. The molecule has 8 heteroatoms. The quantitative estimate of drug-likeness (QED) is 0.343. The number of hydrogen-bond acceptors (Lipinski definition) is 4. The monoisotopic (exact) mass is 491 g/mol. The van der Waals surface area contributed by atoms with Gasteiger partial charge in [0.05, 0.1) is 11.1 Å². The van der Waals surface area contributed by atoms with E-state index in [9.17, 15) is 9.59 Å². The number of anilines is 1. The van der Waals surface area contributed by atoms with Crippen LogP contribution in [0.5, 0.6) is 5.75 Å².